The summed E-state index contributed by atoms with van der Waals surface area (Å²) < 4.78 is 1.96. The first-order valence-electron chi connectivity index (χ1n) is 6.55. The number of imidazole rings is 1. The fourth-order valence-electron chi connectivity index (χ4n) is 2.14. The number of likely N-dealkylation sites (N-methyl/N-ethyl adjacent to an activating group) is 1. The summed E-state index contributed by atoms with van der Waals surface area (Å²) in [6.07, 6.45) is 7.06. The van der Waals surface area contributed by atoms with Gasteiger partial charge in [0.05, 0.1) is 11.9 Å². The Kier molecular flexibility index (Phi) is 3.81. The maximum Gasteiger partial charge on any atom is 0.258 e. The van der Waals surface area contributed by atoms with Gasteiger partial charge in [0.25, 0.3) is 5.91 Å². The molecule has 0 aromatic carbocycles. The summed E-state index contributed by atoms with van der Waals surface area (Å²) in [5.41, 5.74) is 3.81. The van der Waals surface area contributed by atoms with E-state index in [0.29, 0.717) is 0 Å². The number of hydrogen-bond donors (Lipinski definition) is 1. The minimum absolute atomic E-state index is 0.0975. The van der Waals surface area contributed by atoms with Crippen molar-refractivity contribution in [3.63, 3.8) is 0 Å². The molecule has 106 valence electrons. The predicted octanol–water partition coefficient (Wildman–Crippen LogP) is 0.688. The first-order chi connectivity index (χ1) is 9.72. The van der Waals surface area contributed by atoms with Crippen molar-refractivity contribution in [2.45, 2.75) is 0 Å². The third kappa shape index (κ3) is 2.90. The van der Waals surface area contributed by atoms with Crippen LogP contribution < -0.4 is 5.43 Å². The van der Waals surface area contributed by atoms with Crippen molar-refractivity contribution in [3.8, 4) is 0 Å². The fourth-order valence-corrected chi connectivity index (χ4v) is 2.84. The number of carbonyl (C=O) groups excluding carboxylic acids is 1. The van der Waals surface area contributed by atoms with Gasteiger partial charge in [-0.15, -0.1) is 11.3 Å². The van der Waals surface area contributed by atoms with E-state index in [0.717, 1.165) is 36.8 Å². The van der Waals surface area contributed by atoms with E-state index in [9.17, 15) is 4.79 Å². The molecule has 1 amide bonds. The molecule has 0 atom stereocenters. The lowest BCUT2D eigenvalue weighted by Gasteiger charge is -2.31. The molecule has 0 bridgehead atoms. The monoisotopic (exact) mass is 291 g/mol. The summed E-state index contributed by atoms with van der Waals surface area (Å²) in [6, 6.07) is 0. The maximum atomic E-state index is 11.9. The topological polar surface area (TPSA) is 52.9 Å². The van der Waals surface area contributed by atoms with Crippen molar-refractivity contribution < 1.29 is 4.79 Å². The van der Waals surface area contributed by atoms with Crippen LogP contribution in [0.3, 0.4) is 0 Å². The van der Waals surface area contributed by atoms with E-state index >= 15 is 0 Å². The average molecular weight is 291 g/mol. The minimum Gasteiger partial charge on any atom is -0.304 e. The van der Waals surface area contributed by atoms with Crippen LogP contribution in [0.5, 0.6) is 0 Å². The molecule has 2 aromatic rings. The first kappa shape index (κ1) is 13.3. The first-order valence-corrected chi connectivity index (χ1v) is 7.43. The van der Waals surface area contributed by atoms with Crippen molar-refractivity contribution in [3.05, 3.63) is 29.5 Å². The Bertz CT molecular complexity index is 624. The van der Waals surface area contributed by atoms with Gasteiger partial charge in [0.15, 0.2) is 4.96 Å². The number of amides is 1. The van der Waals surface area contributed by atoms with Gasteiger partial charge in [0, 0.05) is 43.8 Å². The molecule has 6 nitrogen and oxygen atoms in total. The van der Waals surface area contributed by atoms with Crippen molar-refractivity contribution in [1.82, 2.24) is 24.7 Å². The number of nitrogens with zero attached hydrogens (tertiary/aromatic N) is 4. The van der Waals surface area contributed by atoms with Gasteiger partial charge in [-0.3, -0.25) is 14.6 Å². The highest BCUT2D eigenvalue weighted by Gasteiger charge is 2.14. The van der Waals surface area contributed by atoms with E-state index in [2.05, 4.69) is 22.4 Å². The zero-order valence-corrected chi connectivity index (χ0v) is 12.1. The molecule has 0 radical (unpaired) electrons. The molecule has 0 spiro atoms. The summed E-state index contributed by atoms with van der Waals surface area (Å²) in [5.74, 6) is -0.0975. The molecule has 1 saturated heterocycles. The molecule has 1 aliphatic rings. The summed E-state index contributed by atoms with van der Waals surface area (Å²) in [5, 5.41) is 3.94. The molecule has 3 heterocycles. The molecular weight excluding hydrogens is 274 g/mol. The molecule has 20 heavy (non-hydrogen) atoms. The second-order valence-electron chi connectivity index (χ2n) is 4.84. The summed E-state index contributed by atoms with van der Waals surface area (Å²) in [4.78, 5) is 19.3. The van der Waals surface area contributed by atoms with E-state index in [4.69, 9.17) is 0 Å². The van der Waals surface area contributed by atoms with E-state index < -0.39 is 0 Å². The van der Waals surface area contributed by atoms with Crippen molar-refractivity contribution in [2.75, 3.05) is 33.2 Å². The Morgan fingerprint density at radius 3 is 3.00 bits per heavy atom. The number of fused-ring (bicyclic) bond motifs is 1. The van der Waals surface area contributed by atoms with E-state index in [1.54, 1.807) is 29.7 Å². The molecule has 2 aromatic heterocycles. The van der Waals surface area contributed by atoms with Gasteiger partial charge in [0.2, 0.25) is 0 Å². The molecule has 7 heteroatoms. The van der Waals surface area contributed by atoms with Crippen molar-refractivity contribution in [1.29, 1.82) is 0 Å². The van der Waals surface area contributed by atoms with Crippen LogP contribution in [0.15, 0.2) is 23.8 Å². The third-order valence-electron chi connectivity index (χ3n) is 3.35. The van der Waals surface area contributed by atoms with Gasteiger partial charge in [-0.25, -0.2) is 9.99 Å². The standard InChI is InChI=1S/C13H17N5OS/c1-16-4-6-17(7-5-16)15-12(19)3-2-11-10-14-13-18(11)8-9-20-13/h2-3,8-10H,4-7H2,1H3,(H,15,19)/b3-2+. The van der Waals surface area contributed by atoms with Crippen LogP contribution in [-0.2, 0) is 4.79 Å². The molecule has 1 fully saturated rings. The maximum absolute atomic E-state index is 11.9. The van der Waals surface area contributed by atoms with Gasteiger partial charge >= 0.3 is 0 Å². The van der Waals surface area contributed by atoms with Crippen LogP contribution in [-0.4, -0.2) is 58.4 Å². The third-order valence-corrected chi connectivity index (χ3v) is 4.12. The summed E-state index contributed by atoms with van der Waals surface area (Å²) in [6.45, 7) is 3.67. The number of nitrogens with one attached hydrogen (secondary N) is 1. The molecule has 3 rings (SSSR count). The number of piperazine rings is 1. The van der Waals surface area contributed by atoms with Gasteiger partial charge in [-0.1, -0.05) is 0 Å². The molecular formula is C13H17N5OS. The lowest BCUT2D eigenvalue weighted by atomic mass is 10.3. The second-order valence-corrected chi connectivity index (χ2v) is 5.71. The van der Waals surface area contributed by atoms with Gasteiger partial charge in [0.1, 0.15) is 0 Å². The predicted molar refractivity (Wildman–Crippen MR) is 79.3 cm³/mol. The van der Waals surface area contributed by atoms with Gasteiger partial charge < -0.3 is 4.90 Å². The lowest BCUT2D eigenvalue weighted by Crippen LogP contribution is -2.52. The van der Waals surface area contributed by atoms with Crippen LogP contribution >= 0.6 is 11.3 Å². The Hall–Kier alpha value is -1.70. The van der Waals surface area contributed by atoms with E-state index in [1.807, 2.05) is 21.0 Å². The Morgan fingerprint density at radius 1 is 1.40 bits per heavy atom. The second kappa shape index (κ2) is 5.74. The highest BCUT2D eigenvalue weighted by atomic mass is 32.1. The quantitative estimate of drug-likeness (QED) is 0.845. The number of rotatable bonds is 3. The normalized spacial score (nSPS) is 18.1. The van der Waals surface area contributed by atoms with Gasteiger partial charge in [-0.05, 0) is 13.1 Å². The van der Waals surface area contributed by atoms with E-state index in [-0.39, 0.29) is 5.91 Å². The summed E-state index contributed by atoms with van der Waals surface area (Å²) in [7, 11) is 2.09. The largest absolute Gasteiger partial charge is 0.304 e. The average Bonchev–Trinajstić information content (AvgIpc) is 3.02. The van der Waals surface area contributed by atoms with Crippen molar-refractivity contribution in [2.24, 2.45) is 0 Å². The van der Waals surface area contributed by atoms with E-state index in [1.165, 1.54) is 0 Å². The SMILES string of the molecule is CN1CCN(NC(=O)/C=C/c2cnc3sccn23)CC1. The van der Waals surface area contributed by atoms with Crippen LogP contribution in [0.25, 0.3) is 11.0 Å². The highest BCUT2D eigenvalue weighted by Crippen LogP contribution is 2.13. The number of aromatic nitrogens is 2. The fraction of sp³-hybridized carbons (Fsp3) is 0.385. The molecule has 0 saturated carbocycles. The van der Waals surface area contributed by atoms with Crippen LogP contribution in [0, 0.1) is 0 Å². The molecule has 1 N–H and O–H groups in total. The zero-order valence-electron chi connectivity index (χ0n) is 11.3. The summed E-state index contributed by atoms with van der Waals surface area (Å²) >= 11 is 1.58. The molecule has 0 aliphatic carbocycles. The smallest absolute Gasteiger partial charge is 0.258 e. The highest BCUT2D eigenvalue weighted by molar-refractivity contribution is 7.15. The Balaban J connectivity index is 1.58. The number of hydrazine groups is 1. The number of carbonyl (C=O) groups is 1. The molecule has 1 aliphatic heterocycles. The number of hydrogen-bond acceptors (Lipinski definition) is 5. The number of thiazole rings is 1. The van der Waals surface area contributed by atoms with Crippen molar-refractivity contribution >= 4 is 28.3 Å². The van der Waals surface area contributed by atoms with Crippen LogP contribution in [0.4, 0.5) is 0 Å². The molecule has 0 unspecified atom stereocenters. The minimum atomic E-state index is -0.0975. The Morgan fingerprint density at radius 2 is 2.20 bits per heavy atom. The van der Waals surface area contributed by atoms with Crippen LogP contribution in [0.1, 0.15) is 5.69 Å². The van der Waals surface area contributed by atoms with Crippen LogP contribution in [0.2, 0.25) is 0 Å². The zero-order chi connectivity index (χ0) is 13.9. The lowest BCUT2D eigenvalue weighted by molar-refractivity contribution is -0.121. The van der Waals surface area contributed by atoms with Gasteiger partial charge in [-0.2, -0.15) is 0 Å². The Labute approximate surface area is 121 Å².